The highest BCUT2D eigenvalue weighted by Gasteiger charge is 2.08. The van der Waals surface area contributed by atoms with E-state index >= 15 is 0 Å². The maximum Gasteiger partial charge on any atom is 0.243 e. The molecule has 20 heavy (non-hydrogen) atoms. The van der Waals surface area contributed by atoms with E-state index in [2.05, 4.69) is 26.0 Å². The lowest BCUT2D eigenvalue weighted by Gasteiger charge is -2.02. The number of aromatic nitrogens is 4. The van der Waals surface area contributed by atoms with E-state index in [1.54, 1.807) is 0 Å². The van der Waals surface area contributed by atoms with E-state index in [1.807, 2.05) is 37.4 Å². The Morgan fingerprint density at radius 2 is 2.00 bits per heavy atom. The summed E-state index contributed by atoms with van der Waals surface area (Å²) in [5.41, 5.74) is 0.879. The summed E-state index contributed by atoms with van der Waals surface area (Å²) in [5.74, 6) is 0.385. The lowest BCUT2D eigenvalue weighted by atomic mass is 10.2. The van der Waals surface area contributed by atoms with Gasteiger partial charge in [-0.1, -0.05) is 30.3 Å². The first-order chi connectivity index (χ1) is 9.29. The maximum atomic E-state index is 11.6. The molecule has 1 heterocycles. The summed E-state index contributed by atoms with van der Waals surface area (Å²) in [6, 6.07) is 9.52. The molecule has 0 fully saturated rings. The average molecular weight is 297 g/mol. The molecule has 0 atom stereocenters. The number of halogens is 1. The molecule has 0 aliphatic rings. The second kappa shape index (κ2) is 8.23. The fraction of sp³-hybridized carbons (Fsp3) is 0.333. The molecule has 0 saturated heterocycles. The zero-order valence-electron chi connectivity index (χ0n) is 11.1. The predicted octanol–water partition coefficient (Wildman–Crippen LogP) is 0.0975. The molecule has 0 aliphatic heterocycles. The quantitative estimate of drug-likeness (QED) is 0.739. The van der Waals surface area contributed by atoms with Crippen LogP contribution >= 0.6 is 12.4 Å². The smallest absolute Gasteiger partial charge is 0.243 e. The number of nitrogens with one attached hydrogen (secondary N) is 2. The number of carbonyl (C=O) groups is 1. The van der Waals surface area contributed by atoms with E-state index in [4.69, 9.17) is 0 Å². The molecule has 2 aromatic rings. The highest BCUT2D eigenvalue weighted by Crippen LogP contribution is 2.11. The van der Waals surface area contributed by atoms with Gasteiger partial charge in [0.25, 0.3) is 0 Å². The van der Waals surface area contributed by atoms with E-state index in [0.29, 0.717) is 12.4 Å². The largest absolute Gasteiger partial charge is 0.353 e. The van der Waals surface area contributed by atoms with Crippen molar-refractivity contribution in [2.24, 2.45) is 0 Å². The first-order valence-electron chi connectivity index (χ1n) is 6.04. The minimum absolute atomic E-state index is 0. The molecule has 7 nitrogen and oxygen atoms in total. The molecule has 8 heteroatoms. The van der Waals surface area contributed by atoms with Crippen LogP contribution in [0.2, 0.25) is 0 Å². The molecule has 2 rings (SSSR count). The Bertz CT molecular complexity index is 530. The first kappa shape index (κ1) is 16.1. The summed E-state index contributed by atoms with van der Waals surface area (Å²) in [6.45, 7) is 1.38. The van der Waals surface area contributed by atoms with Gasteiger partial charge in [0, 0.05) is 18.7 Å². The van der Waals surface area contributed by atoms with Crippen LogP contribution in [0.5, 0.6) is 0 Å². The maximum absolute atomic E-state index is 11.6. The van der Waals surface area contributed by atoms with Gasteiger partial charge in [-0.2, -0.15) is 4.80 Å². The fourth-order valence-electron chi connectivity index (χ4n) is 1.52. The zero-order chi connectivity index (χ0) is 13.5. The lowest BCUT2D eigenvalue weighted by Crippen LogP contribution is -2.33. The standard InChI is InChI=1S/C12H16N6O.ClH/c1-13-7-8-14-11(19)9-18-16-12(15-17-18)10-5-3-2-4-6-10;/h2-6,13H,7-9H2,1H3,(H,14,19);1H. The van der Waals surface area contributed by atoms with E-state index in [-0.39, 0.29) is 24.9 Å². The molecule has 0 unspecified atom stereocenters. The summed E-state index contributed by atoms with van der Waals surface area (Å²) in [5, 5.41) is 17.7. The van der Waals surface area contributed by atoms with Crippen molar-refractivity contribution in [3.63, 3.8) is 0 Å². The van der Waals surface area contributed by atoms with E-state index < -0.39 is 0 Å². The summed E-state index contributed by atoms with van der Waals surface area (Å²) in [7, 11) is 1.83. The van der Waals surface area contributed by atoms with Gasteiger partial charge < -0.3 is 10.6 Å². The number of benzene rings is 1. The number of carbonyl (C=O) groups excluding carboxylic acids is 1. The average Bonchev–Trinajstić information content (AvgIpc) is 2.88. The molecule has 108 valence electrons. The molecule has 1 amide bonds. The van der Waals surface area contributed by atoms with E-state index in [9.17, 15) is 4.79 Å². The molecule has 0 radical (unpaired) electrons. The number of rotatable bonds is 6. The second-order valence-electron chi connectivity index (χ2n) is 3.96. The normalized spacial score (nSPS) is 9.85. The number of likely N-dealkylation sites (N-methyl/N-ethyl adjacent to an activating group) is 1. The molecule has 1 aromatic carbocycles. The van der Waals surface area contributed by atoms with Gasteiger partial charge >= 0.3 is 0 Å². The number of tetrazole rings is 1. The van der Waals surface area contributed by atoms with Gasteiger partial charge in [0.1, 0.15) is 6.54 Å². The molecule has 0 saturated carbocycles. The van der Waals surface area contributed by atoms with Gasteiger partial charge in [0.05, 0.1) is 0 Å². The summed E-state index contributed by atoms with van der Waals surface area (Å²) < 4.78 is 0. The van der Waals surface area contributed by atoms with Gasteiger partial charge in [-0.15, -0.1) is 22.6 Å². The van der Waals surface area contributed by atoms with Crippen molar-refractivity contribution < 1.29 is 4.79 Å². The highest BCUT2D eigenvalue weighted by molar-refractivity contribution is 5.85. The second-order valence-corrected chi connectivity index (χ2v) is 3.96. The monoisotopic (exact) mass is 296 g/mol. The highest BCUT2D eigenvalue weighted by atomic mass is 35.5. The van der Waals surface area contributed by atoms with Crippen molar-refractivity contribution in [3.8, 4) is 11.4 Å². The minimum atomic E-state index is -0.132. The van der Waals surface area contributed by atoms with E-state index in [1.165, 1.54) is 4.80 Å². The SMILES string of the molecule is CNCCNC(=O)Cn1nnc(-c2ccccc2)n1.Cl. The van der Waals surface area contributed by atoms with Crippen molar-refractivity contribution in [2.75, 3.05) is 20.1 Å². The van der Waals surface area contributed by atoms with E-state index in [0.717, 1.165) is 12.1 Å². The van der Waals surface area contributed by atoms with Gasteiger partial charge in [-0.3, -0.25) is 4.79 Å². The third-order valence-corrected chi connectivity index (χ3v) is 2.47. The molecule has 1 aromatic heterocycles. The Labute approximate surface area is 123 Å². The molecular formula is C12H17ClN6O. The molecular weight excluding hydrogens is 280 g/mol. The Hall–Kier alpha value is -1.99. The van der Waals surface area contributed by atoms with Gasteiger partial charge in [-0.25, -0.2) is 0 Å². The summed E-state index contributed by atoms with van der Waals surface area (Å²) >= 11 is 0. The topological polar surface area (TPSA) is 84.7 Å². The van der Waals surface area contributed by atoms with Crippen molar-refractivity contribution in [1.82, 2.24) is 30.8 Å². The summed E-state index contributed by atoms with van der Waals surface area (Å²) in [4.78, 5) is 12.9. The van der Waals surface area contributed by atoms with Crippen LogP contribution < -0.4 is 10.6 Å². The van der Waals surface area contributed by atoms with Gasteiger partial charge in [-0.05, 0) is 12.3 Å². The van der Waals surface area contributed by atoms with Crippen molar-refractivity contribution in [1.29, 1.82) is 0 Å². The zero-order valence-corrected chi connectivity index (χ0v) is 11.9. The van der Waals surface area contributed by atoms with Crippen LogP contribution in [0.1, 0.15) is 0 Å². The number of amides is 1. The third kappa shape index (κ3) is 4.60. The Balaban J connectivity index is 0.00000200. The van der Waals surface area contributed by atoms with Crippen LogP contribution in [0.3, 0.4) is 0 Å². The number of hydrogen-bond acceptors (Lipinski definition) is 5. The van der Waals surface area contributed by atoms with Gasteiger partial charge in [0.2, 0.25) is 11.7 Å². The van der Waals surface area contributed by atoms with Crippen LogP contribution in [0, 0.1) is 0 Å². The van der Waals surface area contributed by atoms with Crippen molar-refractivity contribution in [3.05, 3.63) is 30.3 Å². The Morgan fingerprint density at radius 1 is 1.25 bits per heavy atom. The summed E-state index contributed by atoms with van der Waals surface area (Å²) in [6.07, 6.45) is 0. The van der Waals surface area contributed by atoms with Crippen molar-refractivity contribution in [2.45, 2.75) is 6.54 Å². The minimum Gasteiger partial charge on any atom is -0.353 e. The number of nitrogens with zero attached hydrogens (tertiary/aromatic N) is 4. The molecule has 0 bridgehead atoms. The van der Waals surface area contributed by atoms with Crippen LogP contribution in [0.4, 0.5) is 0 Å². The molecule has 0 aliphatic carbocycles. The van der Waals surface area contributed by atoms with Crippen LogP contribution in [0.15, 0.2) is 30.3 Å². The van der Waals surface area contributed by atoms with Crippen LogP contribution in [-0.4, -0.2) is 46.3 Å². The van der Waals surface area contributed by atoms with Crippen LogP contribution in [-0.2, 0) is 11.3 Å². The lowest BCUT2D eigenvalue weighted by molar-refractivity contribution is -0.122. The fourth-order valence-corrected chi connectivity index (χ4v) is 1.52. The number of hydrogen-bond donors (Lipinski definition) is 2. The molecule has 0 spiro atoms. The molecule has 2 N–H and O–H groups in total. The first-order valence-corrected chi connectivity index (χ1v) is 6.04. The Morgan fingerprint density at radius 3 is 2.70 bits per heavy atom. The van der Waals surface area contributed by atoms with Crippen LogP contribution in [0.25, 0.3) is 11.4 Å². The predicted molar refractivity (Wildman–Crippen MR) is 77.4 cm³/mol. The Kier molecular flexibility index (Phi) is 6.61. The van der Waals surface area contributed by atoms with Gasteiger partial charge in [0.15, 0.2) is 0 Å². The van der Waals surface area contributed by atoms with Crippen molar-refractivity contribution >= 4 is 18.3 Å². The third-order valence-electron chi connectivity index (χ3n) is 2.47.